The molecule has 1 rings (SSSR count). The van der Waals surface area contributed by atoms with E-state index in [1.54, 1.807) is 6.92 Å². The van der Waals surface area contributed by atoms with E-state index >= 15 is 0 Å². The van der Waals surface area contributed by atoms with Crippen LogP contribution >= 0.6 is 11.6 Å². The Bertz CT molecular complexity index is 604. The first kappa shape index (κ1) is 16.9. The highest BCUT2D eigenvalue weighted by Gasteiger charge is 2.46. The van der Waals surface area contributed by atoms with Crippen LogP contribution in [0.15, 0.2) is 24.3 Å². The number of nitro groups is 1. The molecular weight excluding hydrogens is 306 g/mol. The predicted molar refractivity (Wildman–Crippen MR) is 76.4 cm³/mol. The Labute approximate surface area is 122 Å². The van der Waals surface area contributed by atoms with Crippen LogP contribution in [0.5, 0.6) is 0 Å². The third-order valence-electron chi connectivity index (χ3n) is 3.18. The summed E-state index contributed by atoms with van der Waals surface area (Å²) in [6.07, 6.45) is -1.56. The standard InChI is InChI=1S/C12H16ClNO5S/c1-3-12(13,20(18,19)4-2)11(15)9-6-5-7-10(8-9)14(16)17/h5-8,11,15H,3-4H2,1-2H3. The van der Waals surface area contributed by atoms with Crippen molar-refractivity contribution in [3.63, 3.8) is 0 Å². The second-order valence-electron chi connectivity index (χ2n) is 4.30. The molecule has 0 saturated carbocycles. The van der Waals surface area contributed by atoms with Gasteiger partial charge >= 0.3 is 0 Å². The smallest absolute Gasteiger partial charge is 0.269 e. The van der Waals surface area contributed by atoms with Gasteiger partial charge in [0, 0.05) is 17.9 Å². The number of sulfone groups is 1. The molecule has 0 bridgehead atoms. The van der Waals surface area contributed by atoms with Gasteiger partial charge in [-0.05, 0) is 12.0 Å². The summed E-state index contributed by atoms with van der Waals surface area (Å²) >= 11 is 6.12. The zero-order valence-electron chi connectivity index (χ0n) is 11.1. The van der Waals surface area contributed by atoms with Crippen molar-refractivity contribution in [1.82, 2.24) is 0 Å². The molecule has 1 aromatic rings. The molecular formula is C12H16ClNO5S. The monoisotopic (exact) mass is 321 g/mol. The number of halogens is 1. The minimum absolute atomic E-state index is 0.0193. The molecule has 1 N–H and O–H groups in total. The molecule has 0 amide bonds. The summed E-state index contributed by atoms with van der Waals surface area (Å²) in [4.78, 5) is 10.1. The molecule has 0 aliphatic rings. The van der Waals surface area contributed by atoms with E-state index in [4.69, 9.17) is 11.6 Å². The summed E-state index contributed by atoms with van der Waals surface area (Å²) in [5, 5.41) is 21.0. The first-order valence-electron chi connectivity index (χ1n) is 6.03. The van der Waals surface area contributed by atoms with Crippen molar-refractivity contribution in [1.29, 1.82) is 0 Å². The van der Waals surface area contributed by atoms with Crippen LogP contribution in [0.2, 0.25) is 0 Å². The summed E-state index contributed by atoms with van der Waals surface area (Å²) in [6, 6.07) is 5.17. The largest absolute Gasteiger partial charge is 0.385 e. The SMILES string of the molecule is CCC(Cl)(C(O)c1cccc([N+](=O)[O-])c1)S(=O)(=O)CC. The van der Waals surface area contributed by atoms with Crippen molar-refractivity contribution in [2.75, 3.05) is 5.75 Å². The van der Waals surface area contributed by atoms with Crippen molar-refractivity contribution in [3.05, 3.63) is 39.9 Å². The van der Waals surface area contributed by atoms with E-state index in [1.807, 2.05) is 0 Å². The number of non-ortho nitro benzene ring substituents is 1. The normalized spacial score (nSPS) is 16.4. The van der Waals surface area contributed by atoms with Gasteiger partial charge in [-0.25, -0.2) is 8.42 Å². The van der Waals surface area contributed by atoms with Gasteiger partial charge in [-0.2, -0.15) is 0 Å². The second-order valence-corrected chi connectivity index (χ2v) is 7.73. The number of alkyl halides is 1. The van der Waals surface area contributed by atoms with E-state index in [0.29, 0.717) is 0 Å². The van der Waals surface area contributed by atoms with E-state index in [2.05, 4.69) is 0 Å². The van der Waals surface area contributed by atoms with Crippen molar-refractivity contribution < 1.29 is 18.4 Å². The molecule has 8 heteroatoms. The highest BCUT2D eigenvalue weighted by molar-refractivity contribution is 7.94. The Morgan fingerprint density at radius 3 is 2.50 bits per heavy atom. The van der Waals surface area contributed by atoms with Crippen molar-refractivity contribution in [3.8, 4) is 0 Å². The summed E-state index contributed by atoms with van der Waals surface area (Å²) in [7, 11) is -3.74. The van der Waals surface area contributed by atoms with E-state index in [9.17, 15) is 23.6 Å². The van der Waals surface area contributed by atoms with Crippen LogP contribution in [0.4, 0.5) is 5.69 Å². The van der Waals surface area contributed by atoms with Gasteiger partial charge in [-0.15, -0.1) is 0 Å². The van der Waals surface area contributed by atoms with Crippen LogP contribution < -0.4 is 0 Å². The minimum Gasteiger partial charge on any atom is -0.385 e. The lowest BCUT2D eigenvalue weighted by molar-refractivity contribution is -0.385. The molecule has 0 radical (unpaired) electrons. The molecule has 0 aromatic heterocycles. The van der Waals surface area contributed by atoms with E-state index in [-0.39, 0.29) is 23.4 Å². The van der Waals surface area contributed by atoms with E-state index in [0.717, 1.165) is 6.07 Å². The van der Waals surface area contributed by atoms with Crippen LogP contribution in [0, 0.1) is 10.1 Å². The number of nitro benzene ring substituents is 1. The zero-order chi connectivity index (χ0) is 15.6. The van der Waals surface area contributed by atoms with Gasteiger partial charge in [-0.3, -0.25) is 10.1 Å². The Morgan fingerprint density at radius 1 is 1.45 bits per heavy atom. The maximum Gasteiger partial charge on any atom is 0.269 e. The fourth-order valence-corrected chi connectivity index (χ4v) is 3.73. The summed E-state index contributed by atoms with van der Waals surface area (Å²) in [5.74, 6) is -0.226. The van der Waals surface area contributed by atoms with E-state index < -0.39 is 25.1 Å². The maximum atomic E-state index is 12.1. The third-order valence-corrected chi connectivity index (χ3v) is 6.67. The Morgan fingerprint density at radius 2 is 2.05 bits per heavy atom. The first-order chi connectivity index (χ1) is 9.19. The summed E-state index contributed by atoms with van der Waals surface area (Å²) in [5.41, 5.74) is -0.126. The summed E-state index contributed by atoms with van der Waals surface area (Å²) < 4.78 is 22.2. The molecule has 0 aliphatic heterocycles. The van der Waals surface area contributed by atoms with Crippen LogP contribution in [0.25, 0.3) is 0 Å². The van der Waals surface area contributed by atoms with Crippen molar-refractivity contribution >= 4 is 27.1 Å². The molecule has 112 valence electrons. The fraction of sp³-hybridized carbons (Fsp3) is 0.500. The zero-order valence-corrected chi connectivity index (χ0v) is 12.7. The van der Waals surface area contributed by atoms with Crippen LogP contribution in [0.1, 0.15) is 31.9 Å². The van der Waals surface area contributed by atoms with Gasteiger partial charge in [0.1, 0.15) is 6.10 Å². The molecule has 2 unspecified atom stereocenters. The minimum atomic E-state index is -3.74. The number of benzene rings is 1. The van der Waals surface area contributed by atoms with Gasteiger partial charge in [-0.1, -0.05) is 37.6 Å². The molecule has 6 nitrogen and oxygen atoms in total. The molecule has 0 fully saturated rings. The highest BCUT2D eigenvalue weighted by atomic mass is 35.5. The van der Waals surface area contributed by atoms with Gasteiger partial charge in [0.05, 0.1) is 4.92 Å². The second kappa shape index (κ2) is 6.07. The van der Waals surface area contributed by atoms with Crippen LogP contribution in [-0.2, 0) is 9.84 Å². The van der Waals surface area contributed by atoms with Crippen molar-refractivity contribution in [2.45, 2.75) is 30.6 Å². The van der Waals surface area contributed by atoms with Gasteiger partial charge in [0.25, 0.3) is 5.69 Å². The van der Waals surface area contributed by atoms with Crippen molar-refractivity contribution in [2.24, 2.45) is 0 Å². The molecule has 2 atom stereocenters. The van der Waals surface area contributed by atoms with Gasteiger partial charge < -0.3 is 5.11 Å². The average molecular weight is 322 g/mol. The fourth-order valence-electron chi connectivity index (χ4n) is 1.88. The Hall–Kier alpha value is -1.18. The van der Waals surface area contributed by atoms with E-state index in [1.165, 1.54) is 25.1 Å². The lowest BCUT2D eigenvalue weighted by atomic mass is 10.0. The lowest BCUT2D eigenvalue weighted by Gasteiger charge is -2.30. The lowest BCUT2D eigenvalue weighted by Crippen LogP contribution is -2.39. The number of rotatable bonds is 6. The number of aliphatic hydroxyl groups is 1. The number of hydrogen-bond donors (Lipinski definition) is 1. The maximum absolute atomic E-state index is 12.1. The van der Waals surface area contributed by atoms with Gasteiger partial charge in [0.2, 0.25) is 0 Å². The number of nitrogens with zero attached hydrogens (tertiary/aromatic N) is 1. The molecule has 0 saturated heterocycles. The molecule has 1 aromatic carbocycles. The molecule has 0 heterocycles. The molecule has 0 spiro atoms. The third kappa shape index (κ3) is 2.94. The summed E-state index contributed by atoms with van der Waals surface area (Å²) in [6.45, 7) is 2.98. The quantitative estimate of drug-likeness (QED) is 0.493. The van der Waals surface area contributed by atoms with Crippen LogP contribution in [0.3, 0.4) is 0 Å². The Kier molecular flexibility index (Phi) is 5.12. The molecule has 0 aliphatic carbocycles. The van der Waals surface area contributed by atoms with Gasteiger partial charge in [0.15, 0.2) is 14.0 Å². The Balaban J connectivity index is 3.31. The topological polar surface area (TPSA) is 97.5 Å². The highest BCUT2D eigenvalue weighted by Crippen LogP contribution is 2.40. The first-order valence-corrected chi connectivity index (χ1v) is 8.06. The molecule has 20 heavy (non-hydrogen) atoms. The van der Waals surface area contributed by atoms with Crippen LogP contribution in [-0.4, -0.2) is 28.4 Å². The predicted octanol–water partition coefficient (Wildman–Crippen LogP) is 2.41. The average Bonchev–Trinajstić information content (AvgIpc) is 2.45. The number of aliphatic hydroxyl groups excluding tert-OH is 1. The number of hydrogen-bond acceptors (Lipinski definition) is 5.